The third-order valence-electron chi connectivity index (χ3n) is 5.36. The Morgan fingerprint density at radius 1 is 0.875 bits per heavy atom. The van der Waals surface area contributed by atoms with Gasteiger partial charge < -0.3 is 19.2 Å². The highest BCUT2D eigenvalue weighted by atomic mass is 16.5. The largest absolute Gasteiger partial charge is 0.497 e. The van der Waals surface area contributed by atoms with Gasteiger partial charge in [0.1, 0.15) is 17.2 Å². The number of rotatable bonds is 8. The predicted octanol–water partition coefficient (Wildman–Crippen LogP) is 4.17. The lowest BCUT2D eigenvalue weighted by atomic mass is 10.0. The average molecular weight is 428 g/mol. The topological polar surface area (TPSA) is 69.0 Å². The average Bonchev–Trinajstić information content (AvgIpc) is 3.23. The molecule has 0 radical (unpaired) electrons. The molecule has 0 unspecified atom stereocenters. The second-order valence-corrected chi connectivity index (χ2v) is 7.31. The number of aromatic nitrogens is 1. The Morgan fingerprint density at radius 2 is 1.53 bits per heavy atom. The fraction of sp³-hybridized carbons (Fsp3) is 0.154. The molecule has 4 rings (SSSR count). The van der Waals surface area contributed by atoms with Crippen LogP contribution in [-0.4, -0.2) is 36.9 Å². The van der Waals surface area contributed by atoms with E-state index in [1.165, 1.54) is 0 Å². The van der Waals surface area contributed by atoms with Crippen molar-refractivity contribution in [3.05, 3.63) is 90.3 Å². The van der Waals surface area contributed by atoms with Crippen molar-refractivity contribution in [3.63, 3.8) is 0 Å². The molecule has 0 fully saturated rings. The molecule has 0 bridgehead atoms. The van der Waals surface area contributed by atoms with Gasteiger partial charge >= 0.3 is 0 Å². The van der Waals surface area contributed by atoms with E-state index in [0.717, 1.165) is 28.1 Å². The van der Waals surface area contributed by atoms with Crippen molar-refractivity contribution in [3.8, 4) is 22.6 Å². The van der Waals surface area contributed by atoms with E-state index < -0.39 is 11.7 Å². The zero-order valence-corrected chi connectivity index (χ0v) is 18.0. The van der Waals surface area contributed by atoms with Crippen LogP contribution < -0.4 is 14.8 Å². The quantitative estimate of drug-likeness (QED) is 0.338. The number of amides is 1. The van der Waals surface area contributed by atoms with Crippen LogP contribution >= 0.6 is 0 Å². The lowest BCUT2D eigenvalue weighted by Gasteiger charge is -2.09. The van der Waals surface area contributed by atoms with Gasteiger partial charge in [-0.15, -0.1) is 0 Å². The summed E-state index contributed by atoms with van der Waals surface area (Å²) in [4.78, 5) is 25.9. The third kappa shape index (κ3) is 4.34. The molecule has 0 saturated heterocycles. The molecule has 2 heterocycles. The van der Waals surface area contributed by atoms with Gasteiger partial charge in [-0.2, -0.15) is 0 Å². The lowest BCUT2D eigenvalue weighted by molar-refractivity contribution is -0.117. The number of benzene rings is 2. The highest BCUT2D eigenvalue weighted by Gasteiger charge is 2.24. The summed E-state index contributed by atoms with van der Waals surface area (Å²) in [6.45, 7) is 0.359. The van der Waals surface area contributed by atoms with Crippen LogP contribution in [0.15, 0.2) is 79.0 Å². The summed E-state index contributed by atoms with van der Waals surface area (Å²) >= 11 is 0. The number of carbonyl (C=O) groups excluding carboxylic acids is 2. The molecule has 0 aliphatic carbocycles. The molecule has 6 heteroatoms. The SMILES string of the molecule is COc1ccc(CCNC(=O)C(=O)c2c(-c3ccc(OC)cc3)cc3ccccn23)cc1. The second-order valence-electron chi connectivity index (χ2n) is 7.31. The predicted molar refractivity (Wildman–Crippen MR) is 123 cm³/mol. The zero-order chi connectivity index (χ0) is 22.5. The minimum absolute atomic E-state index is 0.340. The minimum Gasteiger partial charge on any atom is -0.497 e. The highest BCUT2D eigenvalue weighted by molar-refractivity contribution is 6.43. The summed E-state index contributed by atoms with van der Waals surface area (Å²) in [7, 11) is 3.22. The van der Waals surface area contributed by atoms with Crippen LogP contribution in [0.2, 0.25) is 0 Å². The Labute approximate surface area is 186 Å². The van der Waals surface area contributed by atoms with Crippen molar-refractivity contribution in [2.45, 2.75) is 6.42 Å². The van der Waals surface area contributed by atoms with Gasteiger partial charge in [-0.1, -0.05) is 30.3 Å². The summed E-state index contributed by atoms with van der Waals surface area (Å²) in [6, 6.07) is 22.6. The lowest BCUT2D eigenvalue weighted by Crippen LogP contribution is -2.33. The number of hydrogen-bond acceptors (Lipinski definition) is 4. The summed E-state index contributed by atoms with van der Waals surface area (Å²) in [5.41, 5.74) is 3.77. The summed E-state index contributed by atoms with van der Waals surface area (Å²) in [5.74, 6) is 0.301. The minimum atomic E-state index is -0.628. The van der Waals surface area contributed by atoms with Crippen molar-refractivity contribution in [2.75, 3.05) is 20.8 Å². The molecule has 4 aromatic rings. The van der Waals surface area contributed by atoms with Crippen molar-refractivity contribution in [2.24, 2.45) is 0 Å². The molecule has 0 saturated carbocycles. The molecule has 32 heavy (non-hydrogen) atoms. The van der Waals surface area contributed by atoms with Gasteiger partial charge in [-0.25, -0.2) is 0 Å². The van der Waals surface area contributed by atoms with Crippen LogP contribution in [0.4, 0.5) is 0 Å². The molecule has 6 nitrogen and oxygen atoms in total. The monoisotopic (exact) mass is 428 g/mol. The van der Waals surface area contributed by atoms with Gasteiger partial charge in [-0.3, -0.25) is 9.59 Å². The first-order valence-electron chi connectivity index (χ1n) is 10.3. The number of Topliss-reactive ketones (excluding diaryl/α,β-unsaturated/α-hetero) is 1. The maximum atomic E-state index is 13.2. The smallest absolute Gasteiger partial charge is 0.294 e. The van der Waals surface area contributed by atoms with Gasteiger partial charge in [0.2, 0.25) is 0 Å². The number of nitrogens with one attached hydrogen (secondary N) is 1. The molecule has 1 amide bonds. The molecule has 2 aromatic carbocycles. The Bertz CT molecular complexity index is 1240. The molecule has 0 atom stereocenters. The molecule has 0 aliphatic rings. The van der Waals surface area contributed by atoms with E-state index in [1.807, 2.05) is 72.8 Å². The van der Waals surface area contributed by atoms with E-state index in [4.69, 9.17) is 9.47 Å². The number of nitrogens with zero attached hydrogens (tertiary/aromatic N) is 1. The maximum Gasteiger partial charge on any atom is 0.294 e. The number of carbonyl (C=O) groups is 2. The van der Waals surface area contributed by atoms with Gasteiger partial charge in [0.05, 0.1) is 14.2 Å². The first kappa shape index (κ1) is 21.2. The van der Waals surface area contributed by atoms with Crippen molar-refractivity contribution in [1.29, 1.82) is 0 Å². The van der Waals surface area contributed by atoms with E-state index in [9.17, 15) is 9.59 Å². The van der Waals surface area contributed by atoms with Crippen molar-refractivity contribution >= 4 is 17.2 Å². The molecular weight excluding hydrogens is 404 g/mol. The zero-order valence-electron chi connectivity index (χ0n) is 18.0. The van der Waals surface area contributed by atoms with Crippen molar-refractivity contribution < 1.29 is 19.1 Å². The first-order chi connectivity index (χ1) is 15.6. The number of methoxy groups -OCH3 is 2. The van der Waals surface area contributed by atoms with E-state index in [2.05, 4.69) is 5.32 Å². The Morgan fingerprint density at radius 3 is 2.19 bits per heavy atom. The van der Waals surface area contributed by atoms with Crippen molar-refractivity contribution in [1.82, 2.24) is 9.72 Å². The Hall–Kier alpha value is -4.06. The molecule has 1 N–H and O–H groups in total. The van der Waals surface area contributed by atoms with E-state index in [1.54, 1.807) is 24.8 Å². The molecule has 2 aromatic heterocycles. The van der Waals surface area contributed by atoms with Gasteiger partial charge in [0.15, 0.2) is 0 Å². The van der Waals surface area contributed by atoms with Gasteiger partial charge in [0.25, 0.3) is 11.7 Å². The van der Waals surface area contributed by atoms with Crippen LogP contribution in [0.25, 0.3) is 16.6 Å². The number of fused-ring (bicyclic) bond motifs is 1. The summed E-state index contributed by atoms with van der Waals surface area (Å²) < 4.78 is 12.1. The van der Waals surface area contributed by atoms with Crippen LogP contribution in [0.1, 0.15) is 16.1 Å². The molecule has 0 spiro atoms. The molecule has 162 valence electrons. The number of hydrogen-bond donors (Lipinski definition) is 1. The maximum absolute atomic E-state index is 13.2. The summed E-state index contributed by atoms with van der Waals surface area (Å²) in [6.07, 6.45) is 2.41. The van der Waals surface area contributed by atoms with Gasteiger partial charge in [-0.05, 0) is 60.0 Å². The number of ketones is 1. The first-order valence-corrected chi connectivity index (χ1v) is 10.3. The van der Waals surface area contributed by atoms with Crippen LogP contribution in [0.3, 0.4) is 0 Å². The van der Waals surface area contributed by atoms with E-state index >= 15 is 0 Å². The van der Waals surface area contributed by atoms with Crippen LogP contribution in [-0.2, 0) is 11.2 Å². The normalized spacial score (nSPS) is 10.7. The van der Waals surface area contributed by atoms with E-state index in [-0.39, 0.29) is 0 Å². The Kier molecular flexibility index (Phi) is 6.22. The second kappa shape index (κ2) is 9.39. The van der Waals surface area contributed by atoms with E-state index in [0.29, 0.717) is 24.2 Å². The molecular formula is C26H24N2O4. The van der Waals surface area contributed by atoms with Gasteiger partial charge in [0, 0.05) is 23.8 Å². The van der Waals surface area contributed by atoms with Crippen LogP contribution in [0.5, 0.6) is 11.5 Å². The number of pyridine rings is 1. The molecule has 0 aliphatic heterocycles. The van der Waals surface area contributed by atoms with Crippen LogP contribution in [0, 0.1) is 0 Å². The third-order valence-corrected chi connectivity index (χ3v) is 5.36. The summed E-state index contributed by atoms with van der Waals surface area (Å²) in [5, 5.41) is 2.76. The fourth-order valence-electron chi connectivity index (χ4n) is 3.65. The number of ether oxygens (including phenoxy) is 2. The Balaban J connectivity index is 1.55. The fourth-order valence-corrected chi connectivity index (χ4v) is 3.65. The highest BCUT2D eigenvalue weighted by Crippen LogP contribution is 2.29. The standard InChI is InChI=1S/C26H24N2O4/c1-31-21-10-6-18(7-11-21)14-15-27-26(30)25(29)24-23(17-20-5-3-4-16-28(20)24)19-8-12-22(32-2)13-9-19/h3-13,16-17H,14-15H2,1-2H3,(H,27,30).